The summed E-state index contributed by atoms with van der Waals surface area (Å²) in [4.78, 5) is 15.6. The van der Waals surface area contributed by atoms with Crippen LogP contribution in [0.15, 0.2) is 200 Å². The third-order valence-electron chi connectivity index (χ3n) is 10.8. The predicted molar refractivity (Wildman–Crippen MR) is 230 cm³/mol. The molecule has 262 valence electrons. The molecule has 0 spiro atoms. The largest absolute Gasteiger partial charge is 0.307 e. The van der Waals surface area contributed by atoms with Gasteiger partial charge in [0.15, 0.2) is 17.5 Å². The van der Waals surface area contributed by atoms with Gasteiger partial charge in [0.1, 0.15) is 0 Å². The number of rotatable bonds is 6. The summed E-state index contributed by atoms with van der Waals surface area (Å²) in [7, 11) is 0. The number of hydrogen-bond donors (Lipinski definition) is 0. The highest BCUT2D eigenvalue weighted by molar-refractivity contribution is 6.24. The Balaban J connectivity index is 1.22. The fourth-order valence-corrected chi connectivity index (χ4v) is 8.26. The number of benzene rings is 8. The van der Waals surface area contributed by atoms with Crippen LogP contribution in [0, 0.1) is 0 Å². The fourth-order valence-electron chi connectivity index (χ4n) is 8.26. The fraction of sp³-hybridized carbons (Fsp3) is 0. The van der Waals surface area contributed by atoms with E-state index in [4.69, 9.17) is 15.0 Å². The molecule has 3 heterocycles. The molecule has 0 saturated heterocycles. The molecule has 8 aromatic carbocycles. The molecule has 0 aliphatic rings. The lowest BCUT2D eigenvalue weighted by Gasteiger charge is -2.16. The summed E-state index contributed by atoms with van der Waals surface area (Å²) in [5.41, 5.74) is 11.7. The summed E-state index contributed by atoms with van der Waals surface area (Å²) in [6.45, 7) is 0. The summed E-state index contributed by atoms with van der Waals surface area (Å²) in [5.74, 6) is 1.85. The molecule has 56 heavy (non-hydrogen) atoms. The van der Waals surface area contributed by atoms with Gasteiger partial charge in [0.2, 0.25) is 0 Å². The van der Waals surface area contributed by atoms with Crippen LogP contribution in [0.2, 0.25) is 0 Å². The van der Waals surface area contributed by atoms with E-state index in [1.807, 2.05) is 24.3 Å². The lowest BCUT2D eigenvalue weighted by molar-refractivity contribution is 1.06. The van der Waals surface area contributed by atoms with Crippen molar-refractivity contribution < 1.29 is 0 Å². The molecule has 11 rings (SSSR count). The highest BCUT2D eigenvalue weighted by Gasteiger charge is 2.23. The topological polar surface area (TPSA) is 48.5 Å². The Morgan fingerprint density at radius 3 is 1.48 bits per heavy atom. The molecule has 0 atom stereocenters. The lowest BCUT2D eigenvalue weighted by Crippen LogP contribution is -2.04. The number of para-hydroxylation sites is 4. The average molecular weight is 716 g/mol. The lowest BCUT2D eigenvalue weighted by atomic mass is 10.0. The van der Waals surface area contributed by atoms with E-state index < -0.39 is 0 Å². The Hall–Kier alpha value is -7.63. The molecular formula is C51H33N5. The number of nitrogens with zero attached hydrogens (tertiary/aromatic N) is 5. The molecular weight excluding hydrogens is 683 g/mol. The molecule has 0 N–H and O–H groups in total. The normalized spacial score (nSPS) is 11.6. The maximum atomic E-state index is 5.29. The van der Waals surface area contributed by atoms with Gasteiger partial charge >= 0.3 is 0 Å². The van der Waals surface area contributed by atoms with E-state index in [9.17, 15) is 0 Å². The van der Waals surface area contributed by atoms with Crippen LogP contribution in [0.1, 0.15) is 0 Å². The Morgan fingerprint density at radius 1 is 0.304 bits per heavy atom. The molecule has 5 heteroatoms. The Labute approximate surface area is 323 Å². The SMILES string of the molecule is c1ccc(-c2cccc(-c3nc(-c4ccccc4)nc(-c4ccccc4-n4c5ccccc5c5ccc6c7ccccc7n(-c7ccccc7)c6c54)n3)c2)cc1. The molecule has 0 amide bonds. The van der Waals surface area contributed by atoms with Crippen LogP contribution in [-0.4, -0.2) is 24.1 Å². The van der Waals surface area contributed by atoms with Crippen molar-refractivity contribution in [3.63, 3.8) is 0 Å². The molecule has 0 fully saturated rings. The van der Waals surface area contributed by atoms with Gasteiger partial charge in [0.25, 0.3) is 0 Å². The van der Waals surface area contributed by atoms with Crippen molar-refractivity contribution in [1.82, 2.24) is 24.1 Å². The zero-order chi connectivity index (χ0) is 37.0. The second-order valence-corrected chi connectivity index (χ2v) is 14.0. The summed E-state index contributed by atoms with van der Waals surface area (Å²) in [6.07, 6.45) is 0. The van der Waals surface area contributed by atoms with Gasteiger partial charge in [-0.2, -0.15) is 0 Å². The van der Waals surface area contributed by atoms with Crippen LogP contribution >= 0.6 is 0 Å². The maximum Gasteiger partial charge on any atom is 0.166 e. The summed E-state index contributed by atoms with van der Waals surface area (Å²) >= 11 is 0. The quantitative estimate of drug-likeness (QED) is 0.172. The van der Waals surface area contributed by atoms with Gasteiger partial charge in [0, 0.05) is 43.9 Å². The van der Waals surface area contributed by atoms with E-state index in [0.29, 0.717) is 17.5 Å². The van der Waals surface area contributed by atoms with E-state index in [2.05, 4.69) is 185 Å². The second kappa shape index (κ2) is 13.0. The minimum Gasteiger partial charge on any atom is -0.307 e. The molecule has 5 nitrogen and oxygen atoms in total. The first-order chi connectivity index (χ1) is 27.8. The summed E-state index contributed by atoms with van der Waals surface area (Å²) in [5, 5.41) is 4.78. The predicted octanol–water partition coefficient (Wildman–Crippen LogP) is 12.7. The van der Waals surface area contributed by atoms with Gasteiger partial charge in [-0.3, -0.25) is 0 Å². The van der Waals surface area contributed by atoms with Crippen molar-refractivity contribution in [3.05, 3.63) is 200 Å². The van der Waals surface area contributed by atoms with Gasteiger partial charge in [-0.25, -0.2) is 15.0 Å². The Kier molecular flexibility index (Phi) is 7.42. The Bertz CT molecular complexity index is 3240. The monoisotopic (exact) mass is 715 g/mol. The molecule has 0 aliphatic heterocycles. The molecule has 0 radical (unpaired) electrons. The number of aromatic nitrogens is 5. The first kappa shape index (κ1) is 31.9. The standard InChI is InChI=1S/C51H33N5/c1-4-17-34(18-5-1)36-21-16-22-37(33-36)50-52-49(35-19-6-2-7-20-35)53-51(54-50)43-27-12-15-30-46(43)56-45-29-14-11-26-40(45)42-32-31-41-39-25-10-13-28-44(39)55(47(41)48(42)56)38-23-8-3-9-24-38/h1-33H. The van der Waals surface area contributed by atoms with Crippen LogP contribution in [0.3, 0.4) is 0 Å². The summed E-state index contributed by atoms with van der Waals surface area (Å²) in [6, 6.07) is 70.2. The molecule has 0 unspecified atom stereocenters. The van der Waals surface area contributed by atoms with Gasteiger partial charge in [-0.1, -0.05) is 158 Å². The van der Waals surface area contributed by atoms with Crippen molar-refractivity contribution >= 4 is 43.6 Å². The average Bonchev–Trinajstić information content (AvgIpc) is 3.80. The third kappa shape index (κ3) is 5.13. The van der Waals surface area contributed by atoms with Crippen molar-refractivity contribution in [1.29, 1.82) is 0 Å². The van der Waals surface area contributed by atoms with Crippen LogP contribution in [-0.2, 0) is 0 Å². The van der Waals surface area contributed by atoms with Crippen molar-refractivity contribution in [3.8, 4) is 56.7 Å². The van der Waals surface area contributed by atoms with E-state index in [0.717, 1.165) is 55.7 Å². The van der Waals surface area contributed by atoms with Crippen LogP contribution in [0.4, 0.5) is 0 Å². The van der Waals surface area contributed by atoms with Crippen LogP contribution < -0.4 is 0 Å². The van der Waals surface area contributed by atoms with E-state index in [1.165, 1.54) is 27.1 Å². The van der Waals surface area contributed by atoms with Gasteiger partial charge in [0.05, 0.1) is 27.8 Å². The second-order valence-electron chi connectivity index (χ2n) is 14.0. The minimum absolute atomic E-state index is 0.608. The third-order valence-corrected chi connectivity index (χ3v) is 10.8. The van der Waals surface area contributed by atoms with Crippen molar-refractivity contribution in [2.75, 3.05) is 0 Å². The van der Waals surface area contributed by atoms with Gasteiger partial charge in [-0.15, -0.1) is 0 Å². The molecule has 3 aromatic heterocycles. The van der Waals surface area contributed by atoms with E-state index in [1.54, 1.807) is 0 Å². The van der Waals surface area contributed by atoms with Crippen LogP contribution in [0.25, 0.3) is 100 Å². The van der Waals surface area contributed by atoms with Gasteiger partial charge in [-0.05, 0) is 53.6 Å². The first-order valence-electron chi connectivity index (χ1n) is 18.9. The minimum atomic E-state index is 0.608. The van der Waals surface area contributed by atoms with Crippen LogP contribution in [0.5, 0.6) is 0 Å². The molecule has 0 aliphatic carbocycles. The van der Waals surface area contributed by atoms with E-state index in [-0.39, 0.29) is 0 Å². The van der Waals surface area contributed by atoms with E-state index >= 15 is 0 Å². The number of hydrogen-bond acceptors (Lipinski definition) is 3. The van der Waals surface area contributed by atoms with Crippen molar-refractivity contribution in [2.24, 2.45) is 0 Å². The smallest absolute Gasteiger partial charge is 0.166 e. The zero-order valence-electron chi connectivity index (χ0n) is 30.3. The highest BCUT2D eigenvalue weighted by Crippen LogP contribution is 2.43. The molecule has 0 saturated carbocycles. The summed E-state index contributed by atoms with van der Waals surface area (Å²) < 4.78 is 4.83. The molecule has 11 aromatic rings. The molecule has 0 bridgehead atoms. The van der Waals surface area contributed by atoms with Gasteiger partial charge < -0.3 is 9.13 Å². The first-order valence-corrected chi connectivity index (χ1v) is 18.9. The zero-order valence-corrected chi connectivity index (χ0v) is 30.3. The maximum absolute atomic E-state index is 5.29. The van der Waals surface area contributed by atoms with Crippen molar-refractivity contribution in [2.45, 2.75) is 0 Å². The number of fused-ring (bicyclic) bond motifs is 7. The highest BCUT2D eigenvalue weighted by atomic mass is 15.1. The Morgan fingerprint density at radius 2 is 0.786 bits per heavy atom.